The van der Waals surface area contributed by atoms with E-state index in [1.165, 1.54) is 39.4 Å². The molecule has 1 saturated heterocycles. The second-order valence-corrected chi connectivity index (χ2v) is 6.85. The summed E-state index contributed by atoms with van der Waals surface area (Å²) in [5.41, 5.74) is 0. The molecule has 1 fully saturated rings. The van der Waals surface area contributed by atoms with Crippen LogP contribution in [0.4, 0.5) is 4.79 Å². The van der Waals surface area contributed by atoms with Crippen LogP contribution >= 0.6 is 0 Å². The third-order valence-corrected chi connectivity index (χ3v) is 5.04. The first-order chi connectivity index (χ1) is 16.6. The summed E-state index contributed by atoms with van der Waals surface area (Å²) in [5.74, 6) is -0.966. The van der Waals surface area contributed by atoms with Crippen molar-refractivity contribution in [2.75, 3.05) is 7.05 Å². The Morgan fingerprint density at radius 3 is 1.15 bits per heavy atom. The molecule has 1 aliphatic heterocycles. The maximum Gasteiger partial charge on any atom is 0.431 e. The highest BCUT2D eigenvalue weighted by Crippen LogP contribution is 2.34. The summed E-state index contributed by atoms with van der Waals surface area (Å²) in [7, 11) is 1.34. The van der Waals surface area contributed by atoms with Crippen molar-refractivity contribution in [1.29, 1.82) is 0 Å². The lowest BCUT2D eigenvalue weighted by Crippen LogP contribution is -2.35. The molecule has 1 N–H and O–H groups in total. The number of fused-ring (bicyclic) bond motifs is 6. The van der Waals surface area contributed by atoms with Crippen molar-refractivity contribution >= 4 is 50.2 Å². The lowest BCUT2D eigenvalue weighted by Gasteiger charge is -2.11. The van der Waals surface area contributed by atoms with Crippen LogP contribution in [-0.4, -0.2) is 30.0 Å². The minimum atomic E-state index is -0.821. The Balaban J connectivity index is 0.000000224. The number of nitrogens with zero attached hydrogens (tertiary/aromatic N) is 1. The van der Waals surface area contributed by atoms with Gasteiger partial charge in [-0.3, -0.25) is 9.59 Å². The van der Waals surface area contributed by atoms with Gasteiger partial charge in [-0.05, 0) is 32.3 Å². The third-order valence-electron chi connectivity index (χ3n) is 5.04. The van der Waals surface area contributed by atoms with Gasteiger partial charge in [0.25, 0.3) is 11.8 Å². The number of hydrogen-bond donors (Lipinski definition) is 1. The third kappa shape index (κ3) is 5.70. The molecule has 34 heavy (non-hydrogen) atoms. The number of nitrogens with one attached hydrogen (secondary N) is 1. The fourth-order valence-corrected chi connectivity index (χ4v) is 3.64. The van der Waals surface area contributed by atoms with E-state index in [0.29, 0.717) is 5.06 Å². The van der Waals surface area contributed by atoms with E-state index in [1.54, 1.807) is 0 Å². The van der Waals surface area contributed by atoms with Gasteiger partial charge in [0.05, 0.1) is 0 Å². The molecule has 0 aromatic heterocycles. The van der Waals surface area contributed by atoms with Gasteiger partial charge in [-0.25, -0.2) is 4.79 Å². The molecule has 1 heterocycles. The molecule has 0 spiro atoms. The quantitative estimate of drug-likeness (QED) is 0.256. The lowest BCUT2D eigenvalue weighted by atomic mass is 9.95. The summed E-state index contributed by atoms with van der Waals surface area (Å²) in [6, 6.07) is 26.0. The maximum atomic E-state index is 10.8. The molecule has 5 rings (SSSR count). The molecule has 0 radical (unpaired) electrons. The highest BCUT2D eigenvalue weighted by Gasteiger charge is 2.32. The second kappa shape index (κ2) is 12.9. The van der Waals surface area contributed by atoms with E-state index in [-0.39, 0.29) is 12.8 Å². The zero-order chi connectivity index (χ0) is 25.1. The van der Waals surface area contributed by atoms with Crippen LogP contribution in [0, 0.1) is 0 Å². The fraction of sp³-hybridized carbons (Fsp3) is 0.250. The van der Waals surface area contributed by atoms with Crippen LogP contribution in [-0.2, 0) is 14.4 Å². The number of carbonyl (C=O) groups is 3. The summed E-state index contributed by atoms with van der Waals surface area (Å²) in [5, 5.41) is 10.6. The van der Waals surface area contributed by atoms with Crippen LogP contribution < -0.4 is 5.32 Å². The monoisotopic (exact) mass is 460 g/mol. The van der Waals surface area contributed by atoms with Gasteiger partial charge in [0.1, 0.15) is 0 Å². The molecule has 1 aliphatic rings. The maximum absolute atomic E-state index is 10.8. The number of hydrogen-bond acceptors (Lipinski definition) is 4. The number of benzene rings is 4. The molecule has 0 aliphatic carbocycles. The van der Waals surface area contributed by atoms with Crippen LogP contribution in [0.3, 0.4) is 0 Å². The predicted molar refractivity (Wildman–Crippen MR) is 138 cm³/mol. The average molecular weight is 461 g/mol. The number of imide groups is 1. The van der Waals surface area contributed by atoms with E-state index in [1.807, 2.05) is 27.7 Å². The number of carbonyl (C=O) groups excluding carboxylic acids is 3. The smallest absolute Gasteiger partial charge is 0.323 e. The lowest BCUT2D eigenvalue weighted by molar-refractivity contribution is -0.171. The normalized spacial score (nSPS) is 12.2. The van der Waals surface area contributed by atoms with Crippen LogP contribution in [0.15, 0.2) is 72.8 Å². The molecule has 3 amide bonds. The minimum Gasteiger partial charge on any atom is -0.323 e. The molecular formula is C28H32N2O4. The van der Waals surface area contributed by atoms with E-state index in [2.05, 4.69) is 83.0 Å². The Morgan fingerprint density at radius 2 is 0.912 bits per heavy atom. The standard InChI is InChI=1S/C18H12.C6H8N2O4.2C2H6/c1-2-8-14-13(7-1)15-9-3-4-11-17(15)18-12-6-5-10-16(14)18;1-7-6(11)12-8-4(9)2-3-5(8)10;2*1-2/h1-12H;2-3H2,1H3,(H,7,11);2*1-2H3. The van der Waals surface area contributed by atoms with E-state index in [9.17, 15) is 14.4 Å². The number of hydroxylamine groups is 2. The zero-order valence-corrected chi connectivity index (χ0v) is 20.4. The summed E-state index contributed by atoms with van der Waals surface area (Å²) in [6.45, 7) is 8.00. The Hall–Kier alpha value is -3.93. The first kappa shape index (κ1) is 26.3. The van der Waals surface area contributed by atoms with Gasteiger partial charge in [0, 0.05) is 19.9 Å². The molecule has 4 aromatic carbocycles. The van der Waals surface area contributed by atoms with Gasteiger partial charge < -0.3 is 10.2 Å². The first-order valence-corrected chi connectivity index (χ1v) is 11.6. The van der Waals surface area contributed by atoms with Gasteiger partial charge >= 0.3 is 6.09 Å². The van der Waals surface area contributed by atoms with Crippen molar-refractivity contribution < 1.29 is 19.2 Å². The molecule has 0 bridgehead atoms. The molecule has 178 valence electrons. The van der Waals surface area contributed by atoms with Crippen LogP contribution in [0.5, 0.6) is 0 Å². The van der Waals surface area contributed by atoms with Gasteiger partial charge in [0.15, 0.2) is 0 Å². The second-order valence-electron chi connectivity index (χ2n) is 6.85. The summed E-state index contributed by atoms with van der Waals surface area (Å²) >= 11 is 0. The van der Waals surface area contributed by atoms with Gasteiger partial charge in [-0.1, -0.05) is 100 Å². The molecule has 0 atom stereocenters. The highest BCUT2D eigenvalue weighted by molar-refractivity contribution is 6.25. The van der Waals surface area contributed by atoms with Crippen molar-refractivity contribution in [1.82, 2.24) is 10.4 Å². The molecule has 6 nitrogen and oxygen atoms in total. The van der Waals surface area contributed by atoms with Crippen LogP contribution in [0.25, 0.3) is 32.3 Å². The Bertz CT molecular complexity index is 1050. The Kier molecular flexibility index (Phi) is 10.0. The first-order valence-electron chi connectivity index (χ1n) is 11.6. The summed E-state index contributed by atoms with van der Waals surface area (Å²) in [6.07, 6.45) is -0.607. The minimum absolute atomic E-state index is 0.107. The SMILES string of the molecule is CC.CC.CNC(=O)ON1C(=O)CCC1=O.c1ccc2c(c1)c1ccccc1c1ccccc21. The predicted octanol–water partition coefficient (Wildman–Crippen LogP) is 6.61. The topological polar surface area (TPSA) is 75.7 Å². The van der Waals surface area contributed by atoms with Gasteiger partial charge in [-0.15, -0.1) is 5.06 Å². The van der Waals surface area contributed by atoms with Crippen molar-refractivity contribution in [3.8, 4) is 0 Å². The molecule has 4 aromatic rings. The van der Waals surface area contributed by atoms with Gasteiger partial charge in [0.2, 0.25) is 0 Å². The Morgan fingerprint density at radius 1 is 0.647 bits per heavy atom. The average Bonchev–Trinajstić information content (AvgIpc) is 3.23. The zero-order valence-electron chi connectivity index (χ0n) is 20.4. The van der Waals surface area contributed by atoms with Crippen molar-refractivity contribution in [2.24, 2.45) is 0 Å². The Labute approximate surface area is 200 Å². The van der Waals surface area contributed by atoms with E-state index >= 15 is 0 Å². The fourth-order valence-electron chi connectivity index (χ4n) is 3.64. The molecule has 0 saturated carbocycles. The van der Waals surface area contributed by atoms with E-state index in [0.717, 1.165) is 0 Å². The van der Waals surface area contributed by atoms with Gasteiger partial charge in [-0.2, -0.15) is 0 Å². The van der Waals surface area contributed by atoms with E-state index < -0.39 is 17.9 Å². The van der Waals surface area contributed by atoms with Crippen molar-refractivity contribution in [3.05, 3.63) is 72.8 Å². The number of rotatable bonds is 1. The summed E-state index contributed by atoms with van der Waals surface area (Å²) < 4.78 is 0. The van der Waals surface area contributed by atoms with Crippen LogP contribution in [0.1, 0.15) is 40.5 Å². The largest absolute Gasteiger partial charge is 0.431 e. The van der Waals surface area contributed by atoms with E-state index in [4.69, 9.17) is 0 Å². The number of amides is 3. The molecule has 6 heteroatoms. The van der Waals surface area contributed by atoms with Crippen molar-refractivity contribution in [2.45, 2.75) is 40.5 Å². The highest BCUT2D eigenvalue weighted by atomic mass is 16.7. The summed E-state index contributed by atoms with van der Waals surface area (Å²) in [4.78, 5) is 36.6. The molecular weight excluding hydrogens is 428 g/mol. The van der Waals surface area contributed by atoms with Crippen LogP contribution in [0.2, 0.25) is 0 Å². The molecule has 0 unspecified atom stereocenters. The van der Waals surface area contributed by atoms with Crippen molar-refractivity contribution in [3.63, 3.8) is 0 Å².